The molecule has 5 rings (SSSR count). The lowest BCUT2D eigenvalue weighted by Crippen LogP contribution is -2.25. The summed E-state index contributed by atoms with van der Waals surface area (Å²) in [5.41, 5.74) is 5.05. The standard InChI is InChI=1S/C28H23ClN4O2S/c1-18-21(29)13-8-14-22(18)30-25(34)17-36-28-32-24-15-23(20-11-6-3-7-12-20)31-26(24)27(35)33(28)16-19-9-4-2-5-10-19/h2-15,31H,16-17H2,1H3,(H,30,34). The minimum atomic E-state index is -0.204. The highest BCUT2D eigenvalue weighted by Crippen LogP contribution is 2.26. The Labute approximate surface area is 217 Å². The van der Waals surface area contributed by atoms with Gasteiger partial charge in [-0.15, -0.1) is 0 Å². The monoisotopic (exact) mass is 514 g/mol. The molecule has 0 bridgehead atoms. The van der Waals surface area contributed by atoms with Gasteiger partial charge in [-0.25, -0.2) is 4.98 Å². The lowest BCUT2D eigenvalue weighted by Gasteiger charge is -2.13. The van der Waals surface area contributed by atoms with Crippen LogP contribution in [0, 0.1) is 6.92 Å². The van der Waals surface area contributed by atoms with Crippen LogP contribution in [0.1, 0.15) is 11.1 Å². The maximum Gasteiger partial charge on any atom is 0.278 e. The molecule has 1 amide bonds. The van der Waals surface area contributed by atoms with Crippen molar-refractivity contribution in [3.63, 3.8) is 0 Å². The summed E-state index contributed by atoms with van der Waals surface area (Å²) >= 11 is 7.41. The zero-order valence-corrected chi connectivity index (χ0v) is 21.1. The van der Waals surface area contributed by atoms with Gasteiger partial charge in [0.1, 0.15) is 5.52 Å². The molecule has 180 valence electrons. The lowest BCUT2D eigenvalue weighted by atomic mass is 10.2. The van der Waals surface area contributed by atoms with E-state index in [9.17, 15) is 9.59 Å². The van der Waals surface area contributed by atoms with Crippen LogP contribution in [0.2, 0.25) is 5.02 Å². The van der Waals surface area contributed by atoms with Crippen LogP contribution in [0.4, 0.5) is 5.69 Å². The summed E-state index contributed by atoms with van der Waals surface area (Å²) in [5.74, 6) is -0.112. The first-order valence-electron chi connectivity index (χ1n) is 11.4. The molecule has 0 aliphatic rings. The topological polar surface area (TPSA) is 79.8 Å². The third-order valence-electron chi connectivity index (χ3n) is 5.85. The van der Waals surface area contributed by atoms with Gasteiger partial charge in [-0.3, -0.25) is 14.2 Å². The Kier molecular flexibility index (Phi) is 6.93. The molecule has 2 N–H and O–H groups in total. The van der Waals surface area contributed by atoms with Gasteiger partial charge in [-0.2, -0.15) is 0 Å². The number of amides is 1. The van der Waals surface area contributed by atoms with Crippen LogP contribution < -0.4 is 10.9 Å². The Morgan fingerprint density at radius 2 is 1.75 bits per heavy atom. The predicted octanol–water partition coefficient (Wildman–Crippen LogP) is 6.13. The van der Waals surface area contributed by atoms with E-state index in [1.54, 1.807) is 16.7 Å². The van der Waals surface area contributed by atoms with Crippen LogP contribution in [-0.2, 0) is 11.3 Å². The van der Waals surface area contributed by atoms with E-state index < -0.39 is 0 Å². The maximum absolute atomic E-state index is 13.6. The molecular formula is C28H23ClN4O2S. The first kappa shape index (κ1) is 23.9. The van der Waals surface area contributed by atoms with Crippen molar-refractivity contribution in [2.24, 2.45) is 0 Å². The summed E-state index contributed by atoms with van der Waals surface area (Å²) in [4.78, 5) is 34.4. The number of nitrogens with zero attached hydrogens (tertiary/aromatic N) is 2. The van der Waals surface area contributed by atoms with Crippen molar-refractivity contribution in [1.29, 1.82) is 0 Å². The molecule has 0 spiro atoms. The number of hydrogen-bond donors (Lipinski definition) is 2. The maximum atomic E-state index is 13.6. The van der Waals surface area contributed by atoms with Crippen molar-refractivity contribution in [3.05, 3.63) is 111 Å². The second-order valence-electron chi connectivity index (χ2n) is 8.33. The number of fused-ring (bicyclic) bond motifs is 1. The smallest absolute Gasteiger partial charge is 0.278 e. The number of rotatable bonds is 7. The van der Waals surface area contributed by atoms with Crippen LogP contribution in [0.25, 0.3) is 22.3 Å². The highest BCUT2D eigenvalue weighted by Gasteiger charge is 2.17. The van der Waals surface area contributed by atoms with E-state index in [1.165, 1.54) is 11.8 Å². The van der Waals surface area contributed by atoms with E-state index in [0.717, 1.165) is 22.4 Å². The van der Waals surface area contributed by atoms with Gasteiger partial charge in [0.15, 0.2) is 5.16 Å². The third-order valence-corrected chi connectivity index (χ3v) is 7.23. The van der Waals surface area contributed by atoms with Crippen LogP contribution in [-0.4, -0.2) is 26.2 Å². The van der Waals surface area contributed by atoms with E-state index in [2.05, 4.69) is 10.3 Å². The Morgan fingerprint density at radius 3 is 2.50 bits per heavy atom. The number of hydrogen-bond acceptors (Lipinski definition) is 4. The quantitative estimate of drug-likeness (QED) is 0.202. The van der Waals surface area contributed by atoms with Gasteiger partial charge in [0, 0.05) is 16.4 Å². The fourth-order valence-corrected chi connectivity index (χ4v) is 4.90. The molecule has 8 heteroatoms. The largest absolute Gasteiger partial charge is 0.349 e. The van der Waals surface area contributed by atoms with Crippen LogP contribution >= 0.6 is 23.4 Å². The van der Waals surface area contributed by atoms with E-state index in [4.69, 9.17) is 16.6 Å². The number of thioether (sulfide) groups is 1. The number of anilines is 1. The number of aromatic amines is 1. The molecule has 0 unspecified atom stereocenters. The SMILES string of the molecule is Cc1c(Cl)cccc1NC(=O)CSc1nc2cc(-c3ccccc3)[nH]c2c(=O)n1Cc1ccccc1. The van der Waals surface area contributed by atoms with Gasteiger partial charge in [-0.1, -0.05) is 90.1 Å². The Hall–Kier alpha value is -3.81. The second kappa shape index (κ2) is 10.4. The Balaban J connectivity index is 1.48. The Bertz CT molecular complexity index is 1600. The van der Waals surface area contributed by atoms with Crippen molar-refractivity contribution >= 4 is 46.0 Å². The van der Waals surface area contributed by atoms with Gasteiger partial charge >= 0.3 is 0 Å². The summed E-state index contributed by atoms with van der Waals surface area (Å²) in [7, 11) is 0. The highest BCUT2D eigenvalue weighted by atomic mass is 35.5. The molecule has 0 fully saturated rings. The number of carbonyl (C=O) groups is 1. The molecule has 36 heavy (non-hydrogen) atoms. The first-order chi connectivity index (χ1) is 17.5. The molecule has 6 nitrogen and oxygen atoms in total. The fourth-order valence-electron chi connectivity index (χ4n) is 3.93. The molecule has 0 radical (unpaired) electrons. The zero-order valence-electron chi connectivity index (χ0n) is 19.5. The number of H-pyrrole nitrogens is 1. The molecular weight excluding hydrogens is 492 g/mol. The number of aromatic nitrogens is 3. The summed E-state index contributed by atoms with van der Waals surface area (Å²) < 4.78 is 1.62. The lowest BCUT2D eigenvalue weighted by molar-refractivity contribution is -0.113. The number of nitrogens with one attached hydrogen (secondary N) is 2. The van der Waals surface area contributed by atoms with Gasteiger partial charge < -0.3 is 10.3 Å². The molecule has 2 heterocycles. The summed E-state index contributed by atoms with van der Waals surface area (Å²) in [6.07, 6.45) is 0. The molecule has 0 saturated carbocycles. The van der Waals surface area contributed by atoms with Gasteiger partial charge in [0.25, 0.3) is 5.56 Å². The highest BCUT2D eigenvalue weighted by molar-refractivity contribution is 7.99. The molecule has 0 atom stereocenters. The van der Waals surface area contributed by atoms with E-state index in [-0.39, 0.29) is 17.2 Å². The molecule has 0 saturated heterocycles. The fraction of sp³-hybridized carbons (Fsp3) is 0.107. The molecule has 0 aliphatic heterocycles. The minimum Gasteiger partial charge on any atom is -0.349 e. The van der Waals surface area contributed by atoms with Crippen molar-refractivity contribution in [3.8, 4) is 11.3 Å². The van der Waals surface area contributed by atoms with E-state index in [1.807, 2.05) is 79.7 Å². The number of benzene rings is 3. The van der Waals surface area contributed by atoms with Crippen molar-refractivity contribution < 1.29 is 4.79 Å². The number of halogens is 1. The van der Waals surface area contributed by atoms with Crippen molar-refractivity contribution in [2.75, 3.05) is 11.1 Å². The number of carbonyl (C=O) groups excluding carboxylic acids is 1. The van der Waals surface area contributed by atoms with Crippen LogP contribution in [0.3, 0.4) is 0 Å². The average Bonchev–Trinajstić information content (AvgIpc) is 3.33. The molecule has 2 aromatic heterocycles. The van der Waals surface area contributed by atoms with Crippen molar-refractivity contribution in [1.82, 2.24) is 14.5 Å². The van der Waals surface area contributed by atoms with Crippen LogP contribution in [0.5, 0.6) is 0 Å². The second-order valence-corrected chi connectivity index (χ2v) is 9.68. The molecule has 5 aromatic rings. The summed E-state index contributed by atoms with van der Waals surface area (Å²) in [5, 5.41) is 3.97. The third kappa shape index (κ3) is 5.08. The van der Waals surface area contributed by atoms with Gasteiger partial charge in [0.2, 0.25) is 5.91 Å². The molecule has 0 aliphatic carbocycles. The van der Waals surface area contributed by atoms with Gasteiger partial charge in [-0.05, 0) is 41.8 Å². The predicted molar refractivity (Wildman–Crippen MR) is 147 cm³/mol. The first-order valence-corrected chi connectivity index (χ1v) is 12.8. The van der Waals surface area contributed by atoms with E-state index in [0.29, 0.717) is 33.4 Å². The van der Waals surface area contributed by atoms with E-state index >= 15 is 0 Å². The summed E-state index contributed by atoms with van der Waals surface area (Å²) in [6.45, 7) is 2.20. The molecule has 3 aromatic carbocycles. The summed E-state index contributed by atoms with van der Waals surface area (Å²) in [6, 6.07) is 26.8. The van der Waals surface area contributed by atoms with Crippen molar-refractivity contribution in [2.45, 2.75) is 18.6 Å². The average molecular weight is 515 g/mol. The van der Waals surface area contributed by atoms with Gasteiger partial charge in [0.05, 0.1) is 17.8 Å². The zero-order chi connectivity index (χ0) is 25.1. The normalized spacial score (nSPS) is 11.1. The Morgan fingerprint density at radius 1 is 1.03 bits per heavy atom. The van der Waals surface area contributed by atoms with Crippen LogP contribution in [0.15, 0.2) is 94.9 Å². The minimum absolute atomic E-state index is 0.0919.